The number of rotatable bonds is 5. The fourth-order valence-corrected chi connectivity index (χ4v) is 2.53. The molecule has 1 unspecified atom stereocenters. The first-order chi connectivity index (χ1) is 9.56. The molecular weight excluding hydrogens is 272 g/mol. The van der Waals surface area contributed by atoms with Crippen molar-refractivity contribution in [2.45, 2.75) is 24.9 Å². The number of nitrogens with one attached hydrogen (secondary N) is 1. The van der Waals surface area contributed by atoms with Crippen molar-refractivity contribution in [3.05, 3.63) is 47.9 Å². The van der Waals surface area contributed by atoms with Crippen LogP contribution in [0.2, 0.25) is 0 Å². The fourth-order valence-electron chi connectivity index (χ4n) is 1.74. The average Bonchev–Trinajstić information content (AvgIpc) is 2.92. The summed E-state index contributed by atoms with van der Waals surface area (Å²) in [6.45, 7) is 3.81. The Balaban J connectivity index is 1.90. The zero-order chi connectivity index (χ0) is 14.5. The minimum absolute atomic E-state index is 0.0190. The maximum absolute atomic E-state index is 12.1. The number of nitrogen functional groups attached to an aromatic ring is 1. The van der Waals surface area contributed by atoms with E-state index in [1.54, 1.807) is 24.1 Å². The van der Waals surface area contributed by atoms with Crippen molar-refractivity contribution in [3.8, 4) is 0 Å². The van der Waals surface area contributed by atoms with Crippen LogP contribution in [0.3, 0.4) is 0 Å². The lowest BCUT2D eigenvalue weighted by molar-refractivity contribution is -0.115. The topological polar surface area (TPSA) is 68.3 Å². The molecule has 0 radical (unpaired) electrons. The lowest BCUT2D eigenvalue weighted by atomic mass is 10.2. The predicted molar refractivity (Wildman–Crippen MR) is 83.7 cm³/mol. The first kappa shape index (κ1) is 14.5. The Kier molecular flexibility index (Phi) is 4.74. The van der Waals surface area contributed by atoms with Gasteiger partial charge in [-0.15, -0.1) is 11.8 Å². The number of amides is 1. The molecule has 0 bridgehead atoms. The standard InChI is InChI=1S/C15H18N2O2S/c1-10-8-12(16)5-6-14(10)17-15(18)11(2)20-9-13-4-3-7-19-13/h3-8,11H,9,16H2,1-2H3,(H,17,18). The fraction of sp³-hybridized carbons (Fsp3) is 0.267. The van der Waals surface area contributed by atoms with Gasteiger partial charge in [-0.05, 0) is 49.7 Å². The van der Waals surface area contributed by atoms with E-state index < -0.39 is 0 Å². The molecule has 4 nitrogen and oxygen atoms in total. The Morgan fingerprint density at radius 1 is 1.45 bits per heavy atom. The summed E-state index contributed by atoms with van der Waals surface area (Å²) < 4.78 is 5.25. The molecule has 106 valence electrons. The summed E-state index contributed by atoms with van der Waals surface area (Å²) in [5.74, 6) is 1.54. The van der Waals surface area contributed by atoms with Gasteiger partial charge in [-0.2, -0.15) is 0 Å². The van der Waals surface area contributed by atoms with Gasteiger partial charge in [0.05, 0.1) is 17.3 Å². The summed E-state index contributed by atoms with van der Waals surface area (Å²) >= 11 is 1.54. The number of anilines is 2. The third-order valence-electron chi connectivity index (χ3n) is 2.93. The van der Waals surface area contributed by atoms with E-state index in [0.717, 1.165) is 17.0 Å². The highest BCUT2D eigenvalue weighted by Gasteiger charge is 2.15. The van der Waals surface area contributed by atoms with Crippen LogP contribution in [0.15, 0.2) is 41.0 Å². The van der Waals surface area contributed by atoms with Crippen molar-refractivity contribution in [3.63, 3.8) is 0 Å². The average molecular weight is 290 g/mol. The number of nitrogens with two attached hydrogens (primary N) is 1. The number of hydrogen-bond acceptors (Lipinski definition) is 4. The molecule has 1 aromatic carbocycles. The van der Waals surface area contributed by atoms with Crippen LogP contribution in [0.4, 0.5) is 11.4 Å². The lowest BCUT2D eigenvalue weighted by Crippen LogP contribution is -2.23. The SMILES string of the molecule is Cc1cc(N)ccc1NC(=O)C(C)SCc1ccco1. The van der Waals surface area contributed by atoms with Crippen molar-refractivity contribution in [1.82, 2.24) is 0 Å². The van der Waals surface area contributed by atoms with Crippen LogP contribution in [-0.4, -0.2) is 11.2 Å². The van der Waals surface area contributed by atoms with E-state index >= 15 is 0 Å². The largest absolute Gasteiger partial charge is 0.468 e. The number of furan rings is 1. The molecule has 20 heavy (non-hydrogen) atoms. The second-order valence-corrected chi connectivity index (χ2v) is 5.93. The van der Waals surface area contributed by atoms with Gasteiger partial charge in [-0.25, -0.2) is 0 Å². The molecule has 1 aromatic heterocycles. The van der Waals surface area contributed by atoms with Crippen molar-refractivity contribution in [2.75, 3.05) is 11.1 Å². The Bertz CT molecular complexity index is 582. The predicted octanol–water partition coefficient (Wildman–Crippen LogP) is 3.43. The molecule has 5 heteroatoms. The number of hydrogen-bond donors (Lipinski definition) is 2. The maximum Gasteiger partial charge on any atom is 0.237 e. The second-order valence-electron chi connectivity index (χ2n) is 4.60. The van der Waals surface area contributed by atoms with E-state index in [1.165, 1.54) is 0 Å². The van der Waals surface area contributed by atoms with Crippen LogP contribution in [0.1, 0.15) is 18.2 Å². The summed E-state index contributed by atoms with van der Waals surface area (Å²) in [5.41, 5.74) is 8.15. The normalized spacial score (nSPS) is 12.1. The summed E-state index contributed by atoms with van der Waals surface area (Å²) in [6, 6.07) is 9.20. The molecule has 1 amide bonds. The zero-order valence-corrected chi connectivity index (χ0v) is 12.4. The Morgan fingerprint density at radius 3 is 2.90 bits per heavy atom. The van der Waals surface area contributed by atoms with Crippen LogP contribution in [0.25, 0.3) is 0 Å². The second kappa shape index (κ2) is 6.52. The number of carbonyl (C=O) groups excluding carboxylic acids is 1. The highest BCUT2D eigenvalue weighted by atomic mass is 32.2. The van der Waals surface area contributed by atoms with E-state index in [-0.39, 0.29) is 11.2 Å². The van der Waals surface area contributed by atoms with Gasteiger partial charge in [0.2, 0.25) is 5.91 Å². The van der Waals surface area contributed by atoms with Gasteiger partial charge in [0.15, 0.2) is 0 Å². The zero-order valence-electron chi connectivity index (χ0n) is 11.6. The van der Waals surface area contributed by atoms with Gasteiger partial charge in [0.1, 0.15) is 5.76 Å². The molecule has 0 aliphatic carbocycles. The van der Waals surface area contributed by atoms with Gasteiger partial charge in [-0.3, -0.25) is 4.79 Å². The maximum atomic E-state index is 12.1. The van der Waals surface area contributed by atoms with E-state index in [0.29, 0.717) is 11.4 Å². The van der Waals surface area contributed by atoms with Gasteiger partial charge in [0, 0.05) is 11.4 Å². The monoisotopic (exact) mass is 290 g/mol. The smallest absolute Gasteiger partial charge is 0.237 e. The third kappa shape index (κ3) is 3.81. The first-order valence-electron chi connectivity index (χ1n) is 6.37. The van der Waals surface area contributed by atoms with Crippen LogP contribution < -0.4 is 11.1 Å². The molecule has 0 saturated carbocycles. The first-order valence-corrected chi connectivity index (χ1v) is 7.42. The van der Waals surface area contributed by atoms with E-state index in [9.17, 15) is 4.79 Å². The molecule has 0 saturated heterocycles. The third-order valence-corrected chi connectivity index (χ3v) is 4.10. The molecule has 2 aromatic rings. The van der Waals surface area contributed by atoms with Crippen LogP contribution in [0, 0.1) is 6.92 Å². The van der Waals surface area contributed by atoms with Gasteiger partial charge in [-0.1, -0.05) is 0 Å². The molecule has 1 atom stereocenters. The summed E-state index contributed by atoms with van der Waals surface area (Å²) in [4.78, 5) is 12.1. The number of carbonyl (C=O) groups is 1. The van der Waals surface area contributed by atoms with Gasteiger partial charge in [0.25, 0.3) is 0 Å². The van der Waals surface area contributed by atoms with Crippen LogP contribution >= 0.6 is 11.8 Å². The van der Waals surface area contributed by atoms with E-state index in [2.05, 4.69) is 5.32 Å². The lowest BCUT2D eigenvalue weighted by Gasteiger charge is -2.13. The Hall–Kier alpha value is -1.88. The summed E-state index contributed by atoms with van der Waals surface area (Å²) in [7, 11) is 0. The Labute approximate surface area is 122 Å². The summed E-state index contributed by atoms with van der Waals surface area (Å²) in [6.07, 6.45) is 1.64. The molecule has 3 N–H and O–H groups in total. The molecule has 0 aliphatic heterocycles. The minimum atomic E-state index is -0.156. The number of benzene rings is 1. The molecule has 2 rings (SSSR count). The summed E-state index contributed by atoms with van der Waals surface area (Å²) in [5, 5.41) is 2.77. The van der Waals surface area contributed by atoms with Gasteiger partial charge >= 0.3 is 0 Å². The minimum Gasteiger partial charge on any atom is -0.468 e. The van der Waals surface area contributed by atoms with E-state index in [4.69, 9.17) is 10.2 Å². The number of aryl methyl sites for hydroxylation is 1. The van der Waals surface area contributed by atoms with E-state index in [1.807, 2.05) is 38.1 Å². The highest BCUT2D eigenvalue weighted by molar-refractivity contribution is 7.99. The van der Waals surface area contributed by atoms with Gasteiger partial charge < -0.3 is 15.5 Å². The van der Waals surface area contributed by atoms with Crippen LogP contribution in [0.5, 0.6) is 0 Å². The quantitative estimate of drug-likeness (QED) is 0.828. The van der Waals surface area contributed by atoms with Crippen molar-refractivity contribution in [1.29, 1.82) is 0 Å². The van der Waals surface area contributed by atoms with Crippen molar-refractivity contribution >= 4 is 29.0 Å². The van der Waals surface area contributed by atoms with Crippen LogP contribution in [-0.2, 0) is 10.5 Å². The highest BCUT2D eigenvalue weighted by Crippen LogP contribution is 2.22. The van der Waals surface area contributed by atoms with Crippen molar-refractivity contribution in [2.24, 2.45) is 0 Å². The molecule has 0 fully saturated rings. The molecule has 1 heterocycles. The molecular formula is C15H18N2O2S. The molecule has 0 aliphatic rings. The number of thioether (sulfide) groups is 1. The molecule has 0 spiro atoms. The Morgan fingerprint density at radius 2 is 2.25 bits per heavy atom. The van der Waals surface area contributed by atoms with Crippen molar-refractivity contribution < 1.29 is 9.21 Å².